The van der Waals surface area contributed by atoms with E-state index in [4.69, 9.17) is 0 Å². The van der Waals surface area contributed by atoms with Gasteiger partial charge in [-0.2, -0.15) is 11.3 Å². The molecule has 0 radical (unpaired) electrons. The second kappa shape index (κ2) is 5.94. The molecule has 1 unspecified atom stereocenters. The predicted octanol–water partition coefficient (Wildman–Crippen LogP) is 3.01. The molecule has 3 nitrogen and oxygen atoms in total. The minimum Gasteiger partial charge on any atom is -0.504 e. The molecule has 5 heteroatoms. The maximum Gasteiger partial charge on any atom is 0.157 e. The first-order valence-electron chi connectivity index (χ1n) is 6.03. The van der Waals surface area contributed by atoms with E-state index in [-0.39, 0.29) is 34.4 Å². The fourth-order valence-electron chi connectivity index (χ4n) is 2.53. The van der Waals surface area contributed by atoms with E-state index in [1.54, 1.807) is 23.5 Å². The van der Waals surface area contributed by atoms with Gasteiger partial charge in [-0.3, -0.25) is 0 Å². The maximum absolute atomic E-state index is 9.71. The largest absolute Gasteiger partial charge is 0.504 e. The number of phenolic OH excluding ortho intramolecular Hbond substituents is 2. The van der Waals surface area contributed by atoms with E-state index < -0.39 is 0 Å². The molecule has 0 spiro atoms. The average Bonchev–Trinajstić information content (AvgIpc) is 2.80. The highest BCUT2D eigenvalue weighted by molar-refractivity contribution is 8.93. The number of phenols is 2. The Balaban J connectivity index is 0.00000133. The van der Waals surface area contributed by atoms with Crippen LogP contribution < -0.4 is 5.32 Å². The number of hydrogen-bond donors (Lipinski definition) is 3. The number of hydrogen-bond acceptors (Lipinski definition) is 4. The van der Waals surface area contributed by atoms with Crippen LogP contribution in [-0.4, -0.2) is 23.3 Å². The zero-order valence-electron chi connectivity index (χ0n) is 10.3. The summed E-state index contributed by atoms with van der Waals surface area (Å²) >= 11 is 1.68. The van der Waals surface area contributed by atoms with Crippen LogP contribution in [0.3, 0.4) is 0 Å². The quantitative estimate of drug-likeness (QED) is 0.699. The molecular formula is C14H16BrNO2S. The van der Waals surface area contributed by atoms with Crippen LogP contribution in [0.2, 0.25) is 0 Å². The second-order valence-corrected chi connectivity index (χ2v) is 5.38. The second-order valence-electron chi connectivity index (χ2n) is 4.60. The summed E-state index contributed by atoms with van der Waals surface area (Å²) in [4.78, 5) is 0. The normalized spacial score (nSPS) is 18.2. The van der Waals surface area contributed by atoms with E-state index in [1.807, 2.05) is 0 Å². The van der Waals surface area contributed by atoms with Crippen molar-refractivity contribution in [3.8, 4) is 11.5 Å². The summed E-state index contributed by atoms with van der Waals surface area (Å²) in [6.45, 7) is 1.77. The molecule has 1 aliphatic heterocycles. The summed E-state index contributed by atoms with van der Waals surface area (Å²) in [6, 6.07) is 5.52. The Labute approximate surface area is 126 Å². The Bertz CT molecular complexity index is 557. The molecule has 0 saturated carbocycles. The summed E-state index contributed by atoms with van der Waals surface area (Å²) < 4.78 is 0. The highest BCUT2D eigenvalue weighted by atomic mass is 79.9. The first kappa shape index (κ1) is 14.4. The van der Waals surface area contributed by atoms with Gasteiger partial charge in [0.15, 0.2) is 11.5 Å². The summed E-state index contributed by atoms with van der Waals surface area (Å²) in [5.41, 5.74) is 3.50. The standard InChI is InChI=1S/C14H15NO2S.BrH/c16-13-5-9-1-3-15-7-12(10-2-4-18-8-10)11(9)6-14(13)17;/h2,4-6,8,12,15-17H,1,3,7H2;1H. The van der Waals surface area contributed by atoms with Crippen molar-refractivity contribution in [2.45, 2.75) is 12.3 Å². The van der Waals surface area contributed by atoms with Crippen LogP contribution in [0.4, 0.5) is 0 Å². The highest BCUT2D eigenvalue weighted by Gasteiger charge is 2.22. The lowest BCUT2D eigenvalue weighted by Crippen LogP contribution is -2.20. The van der Waals surface area contributed by atoms with Crippen molar-refractivity contribution >= 4 is 28.3 Å². The van der Waals surface area contributed by atoms with Crippen molar-refractivity contribution in [3.05, 3.63) is 45.6 Å². The predicted molar refractivity (Wildman–Crippen MR) is 82.8 cm³/mol. The molecule has 1 atom stereocenters. The number of thiophene rings is 1. The molecule has 3 N–H and O–H groups in total. The van der Waals surface area contributed by atoms with Crippen LogP contribution in [0.25, 0.3) is 0 Å². The van der Waals surface area contributed by atoms with Crippen molar-refractivity contribution < 1.29 is 10.2 Å². The van der Waals surface area contributed by atoms with Gasteiger partial charge < -0.3 is 15.5 Å². The van der Waals surface area contributed by atoms with E-state index in [0.29, 0.717) is 0 Å². The van der Waals surface area contributed by atoms with Crippen LogP contribution in [-0.2, 0) is 6.42 Å². The van der Waals surface area contributed by atoms with Gasteiger partial charge in [0.2, 0.25) is 0 Å². The van der Waals surface area contributed by atoms with Gasteiger partial charge in [0.1, 0.15) is 0 Å². The Morgan fingerprint density at radius 3 is 2.74 bits per heavy atom. The van der Waals surface area contributed by atoms with E-state index in [2.05, 4.69) is 22.1 Å². The fraction of sp³-hybridized carbons (Fsp3) is 0.286. The Hall–Kier alpha value is -1.04. The average molecular weight is 342 g/mol. The first-order valence-corrected chi connectivity index (χ1v) is 6.97. The number of aromatic hydroxyl groups is 2. The van der Waals surface area contributed by atoms with Crippen LogP contribution in [0, 0.1) is 0 Å². The van der Waals surface area contributed by atoms with Crippen LogP contribution in [0.5, 0.6) is 11.5 Å². The van der Waals surface area contributed by atoms with E-state index in [1.165, 1.54) is 5.56 Å². The van der Waals surface area contributed by atoms with E-state index in [0.717, 1.165) is 30.6 Å². The lowest BCUT2D eigenvalue weighted by molar-refractivity contribution is 0.402. The third-order valence-corrected chi connectivity index (χ3v) is 4.18. The summed E-state index contributed by atoms with van der Waals surface area (Å²) in [5.74, 6) is 0.191. The summed E-state index contributed by atoms with van der Waals surface area (Å²) in [6.07, 6.45) is 0.879. The zero-order chi connectivity index (χ0) is 12.5. The van der Waals surface area contributed by atoms with Gasteiger partial charge in [0.25, 0.3) is 0 Å². The molecule has 3 rings (SSSR count). The Morgan fingerprint density at radius 1 is 1.21 bits per heavy atom. The monoisotopic (exact) mass is 341 g/mol. The molecular weight excluding hydrogens is 326 g/mol. The van der Waals surface area contributed by atoms with Gasteiger partial charge >= 0.3 is 0 Å². The third-order valence-electron chi connectivity index (χ3n) is 3.48. The first-order chi connectivity index (χ1) is 8.75. The molecule has 1 aliphatic rings. The highest BCUT2D eigenvalue weighted by Crippen LogP contribution is 2.36. The number of rotatable bonds is 1. The van der Waals surface area contributed by atoms with Gasteiger partial charge in [0.05, 0.1) is 0 Å². The third kappa shape index (κ3) is 2.78. The summed E-state index contributed by atoms with van der Waals surface area (Å²) in [7, 11) is 0. The lowest BCUT2D eigenvalue weighted by atomic mass is 9.89. The van der Waals surface area contributed by atoms with Crippen LogP contribution in [0.15, 0.2) is 29.0 Å². The van der Waals surface area contributed by atoms with Gasteiger partial charge in [-0.15, -0.1) is 17.0 Å². The van der Waals surface area contributed by atoms with Gasteiger partial charge in [-0.25, -0.2) is 0 Å². The molecule has 102 valence electrons. The number of fused-ring (bicyclic) bond motifs is 1. The van der Waals surface area contributed by atoms with Crippen molar-refractivity contribution in [3.63, 3.8) is 0 Å². The molecule has 0 saturated heterocycles. The van der Waals surface area contributed by atoms with Crippen molar-refractivity contribution in [2.24, 2.45) is 0 Å². The van der Waals surface area contributed by atoms with Gasteiger partial charge in [0, 0.05) is 12.5 Å². The Morgan fingerprint density at radius 2 is 2.00 bits per heavy atom. The molecule has 1 aromatic carbocycles. The molecule has 0 fully saturated rings. The SMILES string of the molecule is Br.Oc1cc2c(cc1O)C(c1ccsc1)CNCC2. The zero-order valence-corrected chi connectivity index (χ0v) is 12.8. The molecule has 0 amide bonds. The molecule has 0 aliphatic carbocycles. The lowest BCUT2D eigenvalue weighted by Gasteiger charge is -2.17. The van der Waals surface area contributed by atoms with E-state index in [9.17, 15) is 10.2 Å². The molecule has 1 aromatic heterocycles. The minimum atomic E-state index is -0.0316. The number of halogens is 1. The van der Waals surface area contributed by atoms with Crippen molar-refractivity contribution in [1.29, 1.82) is 0 Å². The maximum atomic E-state index is 9.71. The smallest absolute Gasteiger partial charge is 0.157 e. The Kier molecular flexibility index (Phi) is 4.50. The van der Waals surface area contributed by atoms with Gasteiger partial charge in [-0.05, 0) is 58.6 Å². The van der Waals surface area contributed by atoms with Crippen molar-refractivity contribution in [1.82, 2.24) is 5.32 Å². The number of nitrogens with one attached hydrogen (secondary N) is 1. The molecule has 19 heavy (non-hydrogen) atoms. The topological polar surface area (TPSA) is 52.5 Å². The van der Waals surface area contributed by atoms with Crippen LogP contribution in [0.1, 0.15) is 22.6 Å². The summed E-state index contributed by atoms with van der Waals surface area (Å²) in [5, 5.41) is 27.0. The molecule has 2 heterocycles. The fourth-order valence-corrected chi connectivity index (χ4v) is 3.24. The van der Waals surface area contributed by atoms with Gasteiger partial charge in [-0.1, -0.05) is 0 Å². The minimum absolute atomic E-state index is 0. The van der Waals surface area contributed by atoms with Crippen molar-refractivity contribution in [2.75, 3.05) is 13.1 Å². The molecule has 2 aromatic rings. The van der Waals surface area contributed by atoms with Crippen LogP contribution >= 0.6 is 28.3 Å². The number of benzene rings is 1. The molecule has 0 bridgehead atoms. The van der Waals surface area contributed by atoms with E-state index >= 15 is 0 Å².